The molecule has 0 aliphatic carbocycles. The highest BCUT2D eigenvalue weighted by Gasteiger charge is 2.34. The zero-order valence-corrected chi connectivity index (χ0v) is 14.0. The van der Waals surface area contributed by atoms with E-state index in [0.29, 0.717) is 6.07 Å². The van der Waals surface area contributed by atoms with Crippen molar-refractivity contribution in [3.8, 4) is 0 Å². The lowest BCUT2D eigenvalue weighted by Crippen LogP contribution is -2.33. The molecule has 2 aromatic rings. The van der Waals surface area contributed by atoms with Crippen LogP contribution in [0.15, 0.2) is 53.4 Å². The molecule has 0 aliphatic heterocycles. The molecule has 0 aromatic heterocycles. The zero-order valence-electron chi connectivity index (χ0n) is 12.5. The van der Waals surface area contributed by atoms with E-state index in [0.717, 1.165) is 6.07 Å². The largest absolute Gasteiger partial charge is 0.418 e. The van der Waals surface area contributed by atoms with Crippen LogP contribution < -0.4 is 10.0 Å². The highest BCUT2D eigenvalue weighted by molar-refractivity contribution is 7.89. The maximum absolute atomic E-state index is 13.0. The van der Waals surface area contributed by atoms with Crippen molar-refractivity contribution in [2.45, 2.75) is 11.1 Å². The first-order chi connectivity index (χ1) is 11.6. The van der Waals surface area contributed by atoms with Crippen molar-refractivity contribution in [1.82, 2.24) is 4.72 Å². The number of rotatable bonds is 5. The minimum atomic E-state index is -4.73. The monoisotopic (exact) mass is 392 g/mol. The van der Waals surface area contributed by atoms with Crippen LogP contribution in [0.1, 0.15) is 5.56 Å². The SMILES string of the molecule is O=C(CNS(=O)(=O)c1ccccc1)Nc1ccc(Cl)cc1C(F)(F)F. The standard InChI is InChI=1S/C15H12ClF3N2O3S/c16-10-6-7-13(12(8-10)15(17,18)19)21-14(22)9-20-25(23,24)11-4-2-1-3-5-11/h1-8,20H,9H2,(H,21,22). The fraction of sp³-hybridized carbons (Fsp3) is 0.133. The Balaban J connectivity index is 2.09. The Kier molecular flexibility index (Phi) is 5.71. The van der Waals surface area contributed by atoms with Crippen molar-refractivity contribution in [1.29, 1.82) is 0 Å². The summed E-state index contributed by atoms with van der Waals surface area (Å²) in [5.41, 5.74) is -1.64. The van der Waals surface area contributed by atoms with Crippen molar-refractivity contribution in [3.05, 3.63) is 59.1 Å². The molecule has 1 amide bonds. The Morgan fingerprint density at radius 2 is 1.72 bits per heavy atom. The number of nitrogens with one attached hydrogen (secondary N) is 2. The molecule has 2 rings (SSSR count). The van der Waals surface area contributed by atoms with Gasteiger partial charge in [-0.3, -0.25) is 4.79 Å². The second kappa shape index (κ2) is 7.42. The van der Waals surface area contributed by atoms with Gasteiger partial charge in [0.1, 0.15) is 0 Å². The molecule has 0 radical (unpaired) electrons. The van der Waals surface area contributed by atoms with Crippen molar-refractivity contribution < 1.29 is 26.4 Å². The minimum absolute atomic E-state index is 0.0646. The van der Waals surface area contributed by atoms with Crippen LogP contribution in [0, 0.1) is 0 Å². The number of carbonyl (C=O) groups excluding carboxylic acids is 1. The van der Waals surface area contributed by atoms with Gasteiger partial charge in [-0.05, 0) is 30.3 Å². The van der Waals surface area contributed by atoms with E-state index >= 15 is 0 Å². The lowest BCUT2D eigenvalue weighted by Gasteiger charge is -2.14. The molecule has 0 unspecified atom stereocenters. The summed E-state index contributed by atoms with van der Waals surface area (Å²) in [4.78, 5) is 11.8. The topological polar surface area (TPSA) is 75.3 Å². The summed E-state index contributed by atoms with van der Waals surface area (Å²) in [5, 5.41) is 1.88. The van der Waals surface area contributed by atoms with Gasteiger partial charge in [-0.25, -0.2) is 13.1 Å². The molecular formula is C15H12ClF3N2O3S. The quantitative estimate of drug-likeness (QED) is 0.820. The summed E-state index contributed by atoms with van der Waals surface area (Å²) in [7, 11) is -3.95. The fourth-order valence-electron chi connectivity index (χ4n) is 1.90. The van der Waals surface area contributed by atoms with E-state index in [2.05, 4.69) is 0 Å². The number of hydrogen-bond donors (Lipinski definition) is 2. The third-order valence-corrected chi connectivity index (χ3v) is 4.69. The molecule has 25 heavy (non-hydrogen) atoms. The first-order valence-electron chi connectivity index (χ1n) is 6.81. The lowest BCUT2D eigenvalue weighted by molar-refractivity contribution is -0.137. The van der Waals surface area contributed by atoms with E-state index in [1.54, 1.807) is 6.07 Å². The van der Waals surface area contributed by atoms with Crippen LogP contribution >= 0.6 is 11.6 Å². The van der Waals surface area contributed by atoms with Gasteiger partial charge in [-0.1, -0.05) is 29.8 Å². The first-order valence-corrected chi connectivity index (χ1v) is 8.67. The van der Waals surface area contributed by atoms with Gasteiger partial charge < -0.3 is 5.32 Å². The summed E-state index contributed by atoms with van der Waals surface area (Å²) in [6, 6.07) is 10.1. The molecule has 0 saturated heterocycles. The zero-order chi connectivity index (χ0) is 18.7. The van der Waals surface area contributed by atoms with E-state index in [1.807, 2.05) is 10.0 Å². The summed E-state index contributed by atoms with van der Waals surface area (Å²) >= 11 is 5.54. The van der Waals surface area contributed by atoms with Crippen LogP contribution in [0.2, 0.25) is 5.02 Å². The number of halogens is 4. The van der Waals surface area contributed by atoms with Crippen molar-refractivity contribution in [2.75, 3.05) is 11.9 Å². The molecule has 0 saturated carbocycles. The average Bonchev–Trinajstić information content (AvgIpc) is 2.55. The lowest BCUT2D eigenvalue weighted by atomic mass is 10.1. The fourth-order valence-corrected chi connectivity index (χ4v) is 3.07. The van der Waals surface area contributed by atoms with Crippen LogP contribution in [0.5, 0.6) is 0 Å². The number of alkyl halides is 3. The second-order valence-electron chi connectivity index (χ2n) is 4.87. The van der Waals surface area contributed by atoms with Crippen LogP contribution in [0.3, 0.4) is 0 Å². The van der Waals surface area contributed by atoms with Crippen molar-refractivity contribution in [2.24, 2.45) is 0 Å². The van der Waals surface area contributed by atoms with Crippen molar-refractivity contribution >= 4 is 33.2 Å². The van der Waals surface area contributed by atoms with Gasteiger partial charge in [0.2, 0.25) is 15.9 Å². The number of anilines is 1. The third kappa shape index (κ3) is 5.18. The Hall–Kier alpha value is -2.10. The molecular weight excluding hydrogens is 381 g/mol. The summed E-state index contributed by atoms with van der Waals surface area (Å²) in [5.74, 6) is -0.952. The van der Waals surface area contributed by atoms with E-state index in [-0.39, 0.29) is 9.92 Å². The van der Waals surface area contributed by atoms with Crippen LogP contribution in [0.4, 0.5) is 18.9 Å². The molecule has 2 aromatic carbocycles. The Morgan fingerprint density at radius 1 is 1.08 bits per heavy atom. The van der Waals surface area contributed by atoms with E-state index < -0.39 is 39.9 Å². The van der Waals surface area contributed by atoms with Crippen LogP contribution in [-0.4, -0.2) is 20.9 Å². The van der Waals surface area contributed by atoms with E-state index in [9.17, 15) is 26.4 Å². The molecule has 0 aliphatic rings. The van der Waals surface area contributed by atoms with Crippen LogP contribution in [0.25, 0.3) is 0 Å². The number of amides is 1. The second-order valence-corrected chi connectivity index (χ2v) is 7.08. The molecule has 2 N–H and O–H groups in total. The molecule has 134 valence electrons. The molecule has 0 heterocycles. The summed E-state index contributed by atoms with van der Waals surface area (Å²) in [6.07, 6.45) is -4.73. The molecule has 0 fully saturated rings. The Labute approximate surface area is 146 Å². The van der Waals surface area contributed by atoms with E-state index in [4.69, 9.17) is 11.6 Å². The van der Waals surface area contributed by atoms with Gasteiger partial charge in [-0.2, -0.15) is 13.2 Å². The van der Waals surface area contributed by atoms with Gasteiger partial charge in [0.05, 0.1) is 22.7 Å². The highest BCUT2D eigenvalue weighted by Crippen LogP contribution is 2.36. The smallest absolute Gasteiger partial charge is 0.324 e. The number of sulfonamides is 1. The predicted molar refractivity (Wildman–Crippen MR) is 86.7 cm³/mol. The number of carbonyl (C=O) groups is 1. The minimum Gasteiger partial charge on any atom is -0.324 e. The summed E-state index contributed by atoms with van der Waals surface area (Å²) in [6.45, 7) is -0.725. The molecule has 0 bridgehead atoms. The maximum atomic E-state index is 13.0. The van der Waals surface area contributed by atoms with Crippen molar-refractivity contribution in [3.63, 3.8) is 0 Å². The van der Waals surface area contributed by atoms with Gasteiger partial charge in [0.15, 0.2) is 0 Å². The molecule has 5 nitrogen and oxygen atoms in total. The third-order valence-electron chi connectivity index (χ3n) is 3.04. The number of benzene rings is 2. The molecule has 10 heteroatoms. The average molecular weight is 393 g/mol. The predicted octanol–water partition coefficient (Wildman–Crippen LogP) is 3.28. The first kappa shape index (κ1) is 19.2. The Morgan fingerprint density at radius 3 is 2.32 bits per heavy atom. The summed E-state index contributed by atoms with van der Waals surface area (Å²) < 4.78 is 64.8. The maximum Gasteiger partial charge on any atom is 0.418 e. The van der Waals surface area contributed by atoms with Gasteiger partial charge in [0.25, 0.3) is 0 Å². The van der Waals surface area contributed by atoms with E-state index in [1.165, 1.54) is 30.3 Å². The molecule has 0 atom stereocenters. The van der Waals surface area contributed by atoms with Gasteiger partial charge in [-0.15, -0.1) is 0 Å². The van der Waals surface area contributed by atoms with Gasteiger partial charge >= 0.3 is 6.18 Å². The van der Waals surface area contributed by atoms with Crippen LogP contribution in [-0.2, 0) is 21.0 Å². The highest BCUT2D eigenvalue weighted by atomic mass is 35.5. The van der Waals surface area contributed by atoms with Gasteiger partial charge in [0, 0.05) is 5.02 Å². The molecule has 0 spiro atoms. The Bertz CT molecular complexity index is 871. The normalized spacial score (nSPS) is 12.0. The number of hydrogen-bond acceptors (Lipinski definition) is 3.